The standard InChI is InChI=1S/C5H6N2.2C4H5N3/c1-2-7-4-3-6-5-7;1-2-7-4-5-3-6-7;1-2-7-4-3-5-6-7/h2-5H,1H2;2*2-4H,1H2. The maximum Gasteiger partial charge on any atom is 0.138 e. The Morgan fingerprint density at radius 3 is 1.90 bits per heavy atom. The van der Waals surface area contributed by atoms with Crippen LogP contribution in [0, 0.1) is 0 Å². The van der Waals surface area contributed by atoms with Gasteiger partial charge in [-0.15, -0.1) is 5.10 Å². The van der Waals surface area contributed by atoms with Crippen molar-refractivity contribution in [1.29, 1.82) is 0 Å². The average Bonchev–Trinajstić information content (AvgIpc) is 3.31. The van der Waals surface area contributed by atoms with Gasteiger partial charge in [0.2, 0.25) is 0 Å². The van der Waals surface area contributed by atoms with Crippen LogP contribution in [-0.4, -0.2) is 39.3 Å². The van der Waals surface area contributed by atoms with E-state index in [4.69, 9.17) is 0 Å². The Hall–Kier alpha value is -3.29. The average molecular weight is 284 g/mol. The first-order valence-electron chi connectivity index (χ1n) is 5.85. The fourth-order valence-corrected chi connectivity index (χ4v) is 1.00. The van der Waals surface area contributed by atoms with E-state index in [0.717, 1.165) is 0 Å². The molecule has 0 aromatic carbocycles. The molecule has 0 unspecified atom stereocenters. The van der Waals surface area contributed by atoms with E-state index in [9.17, 15) is 0 Å². The Kier molecular flexibility index (Phi) is 7.22. The van der Waals surface area contributed by atoms with E-state index in [-0.39, 0.29) is 0 Å². The summed E-state index contributed by atoms with van der Waals surface area (Å²) in [7, 11) is 0. The maximum absolute atomic E-state index is 3.78. The topological polar surface area (TPSA) is 79.2 Å². The van der Waals surface area contributed by atoms with Crippen LogP contribution >= 0.6 is 0 Å². The molecule has 0 radical (unpaired) electrons. The summed E-state index contributed by atoms with van der Waals surface area (Å²) in [4.78, 5) is 7.46. The van der Waals surface area contributed by atoms with Gasteiger partial charge in [-0.3, -0.25) is 0 Å². The monoisotopic (exact) mass is 284 g/mol. The second-order valence-corrected chi connectivity index (χ2v) is 3.32. The van der Waals surface area contributed by atoms with Gasteiger partial charge in [0.1, 0.15) is 12.7 Å². The van der Waals surface area contributed by atoms with Crippen LogP contribution in [0.5, 0.6) is 0 Å². The molecule has 8 heteroatoms. The highest BCUT2D eigenvalue weighted by Crippen LogP contribution is 1.81. The molecule has 0 aliphatic carbocycles. The van der Waals surface area contributed by atoms with Gasteiger partial charge in [0, 0.05) is 31.0 Å². The number of imidazole rings is 1. The zero-order valence-electron chi connectivity index (χ0n) is 11.5. The third-order valence-electron chi connectivity index (χ3n) is 1.99. The second kappa shape index (κ2) is 9.62. The molecule has 0 atom stereocenters. The molecule has 8 nitrogen and oxygen atoms in total. The van der Waals surface area contributed by atoms with Gasteiger partial charge < -0.3 is 4.57 Å². The van der Waals surface area contributed by atoms with Crippen LogP contribution < -0.4 is 0 Å². The van der Waals surface area contributed by atoms with Crippen LogP contribution in [0.3, 0.4) is 0 Å². The fraction of sp³-hybridized carbons (Fsp3) is 0. The summed E-state index contributed by atoms with van der Waals surface area (Å²) >= 11 is 0. The van der Waals surface area contributed by atoms with Gasteiger partial charge in [-0.2, -0.15) is 5.10 Å². The molecule has 0 saturated heterocycles. The van der Waals surface area contributed by atoms with E-state index in [0.29, 0.717) is 0 Å². The van der Waals surface area contributed by atoms with E-state index in [1.54, 1.807) is 54.4 Å². The summed E-state index contributed by atoms with van der Waals surface area (Å²) in [6.07, 6.45) is 16.4. The van der Waals surface area contributed by atoms with Crippen LogP contribution in [-0.2, 0) is 0 Å². The summed E-state index contributed by atoms with van der Waals surface area (Å²) in [5.74, 6) is 0. The van der Waals surface area contributed by atoms with Crippen molar-refractivity contribution in [3.8, 4) is 0 Å². The van der Waals surface area contributed by atoms with Crippen LogP contribution in [0.25, 0.3) is 18.6 Å². The van der Waals surface area contributed by atoms with E-state index < -0.39 is 0 Å². The van der Waals surface area contributed by atoms with Crippen molar-refractivity contribution in [2.24, 2.45) is 0 Å². The van der Waals surface area contributed by atoms with Crippen molar-refractivity contribution in [2.45, 2.75) is 0 Å². The highest BCUT2D eigenvalue weighted by Gasteiger charge is 1.75. The lowest BCUT2D eigenvalue weighted by Crippen LogP contribution is -1.83. The third kappa shape index (κ3) is 6.43. The van der Waals surface area contributed by atoms with Crippen LogP contribution in [0.15, 0.2) is 63.5 Å². The molecule has 0 spiro atoms. The molecule has 0 aliphatic rings. The molecule has 3 aromatic heterocycles. The Morgan fingerprint density at radius 2 is 1.62 bits per heavy atom. The normalized spacial score (nSPS) is 8.57. The maximum atomic E-state index is 3.78. The van der Waals surface area contributed by atoms with Gasteiger partial charge in [-0.1, -0.05) is 25.0 Å². The Morgan fingerprint density at radius 1 is 0.810 bits per heavy atom. The van der Waals surface area contributed by atoms with Gasteiger partial charge in [0.05, 0.1) is 18.7 Å². The number of rotatable bonds is 3. The molecule has 0 bridgehead atoms. The van der Waals surface area contributed by atoms with Crippen molar-refractivity contribution >= 4 is 18.6 Å². The fourth-order valence-electron chi connectivity index (χ4n) is 1.00. The molecule has 0 saturated carbocycles. The first kappa shape index (κ1) is 15.8. The van der Waals surface area contributed by atoms with Crippen molar-refractivity contribution in [1.82, 2.24) is 39.3 Å². The number of aromatic nitrogens is 8. The summed E-state index contributed by atoms with van der Waals surface area (Å²) in [5.41, 5.74) is 0. The first-order valence-corrected chi connectivity index (χ1v) is 5.85. The van der Waals surface area contributed by atoms with Crippen molar-refractivity contribution < 1.29 is 0 Å². The molecule has 108 valence electrons. The van der Waals surface area contributed by atoms with Crippen LogP contribution in [0.4, 0.5) is 0 Å². The molecule has 0 amide bonds. The number of nitrogens with zero attached hydrogens (tertiary/aromatic N) is 8. The minimum absolute atomic E-state index is 1.46. The van der Waals surface area contributed by atoms with Crippen LogP contribution in [0.2, 0.25) is 0 Å². The zero-order chi connectivity index (χ0) is 15.3. The SMILES string of the molecule is C=Cn1ccnc1.C=Cn1ccnn1.C=Cn1cncn1. The van der Waals surface area contributed by atoms with Crippen LogP contribution in [0.1, 0.15) is 0 Å². The highest BCUT2D eigenvalue weighted by molar-refractivity contribution is 5.14. The van der Waals surface area contributed by atoms with E-state index in [2.05, 4.69) is 45.1 Å². The van der Waals surface area contributed by atoms with Gasteiger partial charge in [-0.05, 0) is 0 Å². The molecule has 0 N–H and O–H groups in total. The lowest BCUT2D eigenvalue weighted by atomic mass is 10.9. The number of hydrogen-bond donors (Lipinski definition) is 0. The van der Waals surface area contributed by atoms with Gasteiger partial charge in [-0.25, -0.2) is 19.3 Å². The molecule has 3 rings (SSSR count). The largest absolute Gasteiger partial charge is 0.314 e. The van der Waals surface area contributed by atoms with Crippen molar-refractivity contribution in [2.75, 3.05) is 0 Å². The lowest BCUT2D eigenvalue weighted by Gasteiger charge is -1.80. The lowest BCUT2D eigenvalue weighted by molar-refractivity contribution is 0.842. The Labute approximate surface area is 122 Å². The summed E-state index contributed by atoms with van der Waals surface area (Å²) < 4.78 is 4.83. The smallest absolute Gasteiger partial charge is 0.138 e. The van der Waals surface area contributed by atoms with Gasteiger partial charge in [0.25, 0.3) is 0 Å². The molecular formula is C13H16N8. The Bertz CT molecular complexity index is 516. The summed E-state index contributed by atoms with van der Waals surface area (Å²) in [5, 5.41) is 10.8. The van der Waals surface area contributed by atoms with E-state index in [1.807, 2.05) is 6.20 Å². The Balaban J connectivity index is 0.000000157. The predicted molar refractivity (Wildman–Crippen MR) is 81.4 cm³/mol. The highest BCUT2D eigenvalue weighted by atomic mass is 15.4. The molecule has 3 heterocycles. The van der Waals surface area contributed by atoms with Crippen molar-refractivity contribution in [3.05, 3.63) is 63.5 Å². The second-order valence-electron chi connectivity index (χ2n) is 3.32. The van der Waals surface area contributed by atoms with Crippen molar-refractivity contribution in [3.63, 3.8) is 0 Å². The van der Waals surface area contributed by atoms with Gasteiger partial charge in [0.15, 0.2) is 0 Å². The molecule has 0 aliphatic heterocycles. The molecular weight excluding hydrogens is 268 g/mol. The molecule has 3 aromatic rings. The summed E-state index contributed by atoms with van der Waals surface area (Å²) in [6.45, 7) is 10.5. The predicted octanol–water partition coefficient (Wildman–Crippen LogP) is 1.74. The van der Waals surface area contributed by atoms with Gasteiger partial charge >= 0.3 is 0 Å². The third-order valence-corrected chi connectivity index (χ3v) is 1.99. The minimum atomic E-state index is 1.46. The van der Waals surface area contributed by atoms with E-state index >= 15 is 0 Å². The first-order chi connectivity index (χ1) is 10.3. The van der Waals surface area contributed by atoms with E-state index in [1.165, 1.54) is 15.7 Å². The summed E-state index contributed by atoms with van der Waals surface area (Å²) in [6, 6.07) is 0. The minimum Gasteiger partial charge on any atom is -0.314 e. The quantitative estimate of drug-likeness (QED) is 0.732. The molecule has 21 heavy (non-hydrogen) atoms. The molecule has 0 fully saturated rings. The number of hydrogen-bond acceptors (Lipinski definition) is 5. The zero-order valence-corrected chi connectivity index (χ0v) is 11.5.